The summed E-state index contributed by atoms with van der Waals surface area (Å²) < 4.78 is 4.69. The summed E-state index contributed by atoms with van der Waals surface area (Å²) in [6.45, 7) is 0. The van der Waals surface area contributed by atoms with Gasteiger partial charge in [0.15, 0.2) is 0 Å². The molecule has 1 atom stereocenters. The van der Waals surface area contributed by atoms with Crippen molar-refractivity contribution in [3.63, 3.8) is 0 Å². The van der Waals surface area contributed by atoms with Gasteiger partial charge in [-0.05, 0) is 17.7 Å². The fourth-order valence-electron chi connectivity index (χ4n) is 2.61. The molecule has 0 aromatic heterocycles. The van der Waals surface area contributed by atoms with Crippen molar-refractivity contribution in [1.82, 2.24) is 10.7 Å². The maximum absolute atomic E-state index is 12.3. The summed E-state index contributed by atoms with van der Waals surface area (Å²) in [6, 6.07) is 15.0. The average molecular weight is 393 g/mol. The third kappa shape index (κ3) is 5.25. The number of hydrogen-bond acceptors (Lipinski definition) is 7. The number of rotatable bonds is 6. The summed E-state index contributed by atoms with van der Waals surface area (Å²) in [5.41, 5.74) is 4.05. The van der Waals surface area contributed by atoms with E-state index in [-0.39, 0.29) is 17.9 Å². The van der Waals surface area contributed by atoms with Crippen molar-refractivity contribution in [2.75, 3.05) is 12.4 Å². The molecule has 3 N–H and O–H groups in total. The zero-order valence-electron chi connectivity index (χ0n) is 15.6. The number of carbonyl (C=O) groups is 3. The summed E-state index contributed by atoms with van der Waals surface area (Å²) in [6.07, 6.45) is 1.40. The number of amides is 2. The third-order valence-electron chi connectivity index (χ3n) is 4.00. The van der Waals surface area contributed by atoms with Crippen LogP contribution in [0.5, 0.6) is 0 Å². The topological polar surface area (TPSA) is 121 Å². The molecule has 2 aromatic carbocycles. The Hall–Kier alpha value is -4.01. The maximum Gasteiger partial charge on any atom is 0.339 e. The van der Waals surface area contributed by atoms with Gasteiger partial charge in [-0.3, -0.25) is 14.9 Å². The van der Waals surface area contributed by atoms with Gasteiger partial charge in [0.1, 0.15) is 6.04 Å². The van der Waals surface area contributed by atoms with Gasteiger partial charge in [-0.2, -0.15) is 5.10 Å². The fourth-order valence-corrected chi connectivity index (χ4v) is 2.61. The molecule has 9 heteroatoms. The predicted octanol–water partition coefficient (Wildman–Crippen LogP) is 1.28. The van der Waals surface area contributed by atoms with Crippen LogP contribution in [0.15, 0.2) is 64.7 Å². The highest BCUT2D eigenvalue weighted by molar-refractivity contribution is 6.08. The highest BCUT2D eigenvalue weighted by atomic mass is 16.5. The first-order valence-corrected chi connectivity index (χ1v) is 8.77. The van der Waals surface area contributed by atoms with Crippen LogP contribution in [0.1, 0.15) is 22.3 Å². The number of guanidine groups is 1. The van der Waals surface area contributed by atoms with E-state index in [1.165, 1.54) is 13.2 Å². The highest BCUT2D eigenvalue weighted by Crippen LogP contribution is 2.17. The minimum Gasteiger partial charge on any atom is -0.465 e. The Kier molecular flexibility index (Phi) is 6.31. The van der Waals surface area contributed by atoms with E-state index >= 15 is 0 Å². The number of methoxy groups -OCH3 is 1. The van der Waals surface area contributed by atoms with E-state index < -0.39 is 23.8 Å². The largest absolute Gasteiger partial charge is 0.465 e. The number of carbonyl (C=O) groups excluding carboxylic acids is 3. The van der Waals surface area contributed by atoms with Crippen LogP contribution in [-0.4, -0.2) is 43.1 Å². The summed E-state index contributed by atoms with van der Waals surface area (Å²) >= 11 is 0. The molecule has 9 nitrogen and oxygen atoms in total. The smallest absolute Gasteiger partial charge is 0.339 e. The Bertz CT molecular complexity index is 972. The van der Waals surface area contributed by atoms with E-state index in [9.17, 15) is 14.4 Å². The van der Waals surface area contributed by atoms with Gasteiger partial charge in [0.2, 0.25) is 11.9 Å². The molecule has 0 radical (unpaired) electrons. The van der Waals surface area contributed by atoms with Crippen molar-refractivity contribution in [3.05, 3.63) is 65.7 Å². The monoisotopic (exact) mass is 393 g/mol. The standard InChI is InChI=1S/C20H19N5O4/c1-29-19(28)14-9-5-6-10-15(14)22-17(26)11-16-18(27)24-20(23-16)25-21-12-13-7-3-2-4-8-13/h2-10,12,16H,11H2,1H3,(H,22,26)(H2,23,24,25,27)/b21-12-/t16-/m1/s1. The molecule has 148 valence electrons. The second-order valence-electron chi connectivity index (χ2n) is 6.05. The van der Waals surface area contributed by atoms with E-state index in [0.29, 0.717) is 5.69 Å². The molecular formula is C20H19N5O4. The minimum absolute atomic E-state index is 0.162. The molecule has 0 aliphatic carbocycles. The number of hydrazone groups is 1. The van der Waals surface area contributed by atoms with Gasteiger partial charge in [0.05, 0.1) is 31.0 Å². The van der Waals surface area contributed by atoms with Gasteiger partial charge in [-0.25, -0.2) is 15.2 Å². The second-order valence-corrected chi connectivity index (χ2v) is 6.05. The Labute approximate surface area is 166 Å². The zero-order valence-corrected chi connectivity index (χ0v) is 15.6. The SMILES string of the molecule is COC(=O)c1ccccc1NC(=O)C[C@H]1N=C(N/N=C\c2ccccc2)NC1=O. The van der Waals surface area contributed by atoms with Gasteiger partial charge in [-0.15, -0.1) is 0 Å². The van der Waals surface area contributed by atoms with Crippen LogP contribution in [0.3, 0.4) is 0 Å². The van der Waals surface area contributed by atoms with Crippen LogP contribution in [-0.2, 0) is 14.3 Å². The van der Waals surface area contributed by atoms with E-state index in [0.717, 1.165) is 5.56 Å². The quantitative estimate of drug-likeness (QED) is 0.388. The molecule has 2 aromatic rings. The molecule has 1 heterocycles. The van der Waals surface area contributed by atoms with Crippen molar-refractivity contribution in [1.29, 1.82) is 0 Å². The summed E-state index contributed by atoms with van der Waals surface area (Å²) in [5.74, 6) is -1.28. The van der Waals surface area contributed by atoms with Gasteiger partial charge in [0.25, 0.3) is 5.91 Å². The molecule has 0 spiro atoms. The number of esters is 1. The van der Waals surface area contributed by atoms with Crippen molar-refractivity contribution in [2.45, 2.75) is 12.5 Å². The number of nitrogens with one attached hydrogen (secondary N) is 3. The average Bonchev–Trinajstić information content (AvgIpc) is 3.07. The third-order valence-corrected chi connectivity index (χ3v) is 4.00. The van der Waals surface area contributed by atoms with E-state index in [4.69, 9.17) is 4.74 Å². The molecule has 29 heavy (non-hydrogen) atoms. The zero-order chi connectivity index (χ0) is 20.6. The lowest BCUT2D eigenvalue weighted by atomic mass is 10.1. The van der Waals surface area contributed by atoms with E-state index in [2.05, 4.69) is 26.2 Å². The van der Waals surface area contributed by atoms with Gasteiger partial charge < -0.3 is 10.1 Å². The summed E-state index contributed by atoms with van der Waals surface area (Å²) in [7, 11) is 1.26. The number of ether oxygens (including phenoxy) is 1. The molecule has 1 aliphatic heterocycles. The lowest BCUT2D eigenvalue weighted by Gasteiger charge is -2.10. The predicted molar refractivity (Wildman–Crippen MR) is 108 cm³/mol. The molecule has 0 saturated carbocycles. The molecule has 1 aliphatic rings. The molecule has 0 saturated heterocycles. The maximum atomic E-state index is 12.3. The van der Waals surface area contributed by atoms with Crippen LogP contribution >= 0.6 is 0 Å². The van der Waals surface area contributed by atoms with E-state index in [1.54, 1.807) is 24.4 Å². The highest BCUT2D eigenvalue weighted by Gasteiger charge is 2.29. The van der Waals surface area contributed by atoms with Crippen LogP contribution in [0, 0.1) is 0 Å². The Morgan fingerprint density at radius 1 is 1.17 bits per heavy atom. The van der Waals surface area contributed by atoms with Crippen LogP contribution < -0.4 is 16.1 Å². The lowest BCUT2D eigenvalue weighted by Crippen LogP contribution is -2.35. The minimum atomic E-state index is -0.894. The van der Waals surface area contributed by atoms with Gasteiger partial charge in [0, 0.05) is 0 Å². The number of benzene rings is 2. The summed E-state index contributed by atoms with van der Waals surface area (Å²) in [5, 5.41) is 9.15. The first-order chi connectivity index (χ1) is 14.1. The molecule has 0 fully saturated rings. The van der Waals surface area contributed by atoms with Crippen LogP contribution in [0.25, 0.3) is 0 Å². The number of anilines is 1. The fraction of sp³-hybridized carbons (Fsp3) is 0.150. The van der Waals surface area contributed by atoms with Crippen LogP contribution in [0.4, 0.5) is 5.69 Å². The first-order valence-electron chi connectivity index (χ1n) is 8.77. The number of aliphatic imine (C=N–C) groups is 1. The van der Waals surface area contributed by atoms with Gasteiger partial charge >= 0.3 is 5.97 Å². The molecule has 3 rings (SSSR count). The number of hydrogen-bond donors (Lipinski definition) is 3. The normalized spacial score (nSPS) is 15.6. The van der Waals surface area contributed by atoms with Crippen molar-refractivity contribution < 1.29 is 19.1 Å². The van der Waals surface area contributed by atoms with Crippen molar-refractivity contribution >= 4 is 35.6 Å². The van der Waals surface area contributed by atoms with E-state index in [1.807, 2.05) is 30.3 Å². The lowest BCUT2D eigenvalue weighted by molar-refractivity contribution is -0.123. The summed E-state index contributed by atoms with van der Waals surface area (Å²) in [4.78, 5) is 40.3. The molecule has 0 unspecified atom stereocenters. The Morgan fingerprint density at radius 3 is 2.66 bits per heavy atom. The van der Waals surface area contributed by atoms with Crippen molar-refractivity contribution in [3.8, 4) is 0 Å². The number of para-hydroxylation sites is 1. The second kappa shape index (κ2) is 9.27. The van der Waals surface area contributed by atoms with Crippen molar-refractivity contribution in [2.24, 2.45) is 10.1 Å². The number of nitrogens with zero attached hydrogens (tertiary/aromatic N) is 2. The Balaban J connectivity index is 1.58. The molecular weight excluding hydrogens is 374 g/mol. The van der Waals surface area contributed by atoms with Gasteiger partial charge in [-0.1, -0.05) is 42.5 Å². The first kappa shape index (κ1) is 19.7. The molecule has 0 bridgehead atoms. The Morgan fingerprint density at radius 2 is 1.90 bits per heavy atom. The molecule has 2 amide bonds. The van der Waals surface area contributed by atoms with Crippen LogP contribution in [0.2, 0.25) is 0 Å².